The number of aldehydes is 1. The van der Waals surface area contributed by atoms with Crippen LogP contribution in [0.1, 0.15) is 129 Å². The van der Waals surface area contributed by atoms with Crippen LogP contribution in [-0.4, -0.2) is 45.3 Å². The second kappa shape index (κ2) is 30.2. The zero-order valence-electron chi connectivity index (χ0n) is 33.5. The van der Waals surface area contributed by atoms with Crippen molar-refractivity contribution in [2.24, 2.45) is 0 Å². The van der Waals surface area contributed by atoms with Crippen LogP contribution < -0.4 is 0 Å². The van der Waals surface area contributed by atoms with Crippen LogP contribution in [0, 0.1) is 0 Å². The highest BCUT2D eigenvalue weighted by Crippen LogP contribution is 2.40. The Balaban J connectivity index is 0.000000355. The quantitative estimate of drug-likeness (QED) is 0.0984. The molecule has 6 heteroatoms. The SMILES string of the molecule is CC.CC.CC.CC(=O)c1ccccc1.O=C(/C=C/c1ccccn1)c1ccccc1.O=Cc1ccccn1.c1ccc(C2CCC3CCCCN32)cc1. The summed E-state index contributed by atoms with van der Waals surface area (Å²) in [5.74, 6) is 0.113. The minimum atomic E-state index is -0.00810. The average molecular weight is 728 g/mol. The van der Waals surface area contributed by atoms with Gasteiger partial charge in [0, 0.05) is 35.6 Å². The summed E-state index contributed by atoms with van der Waals surface area (Å²) in [6.07, 6.45) is 14.3. The van der Waals surface area contributed by atoms with Gasteiger partial charge in [0.15, 0.2) is 17.9 Å². The van der Waals surface area contributed by atoms with Crippen LogP contribution >= 0.6 is 0 Å². The Bertz CT molecular complexity index is 1680. The van der Waals surface area contributed by atoms with Gasteiger partial charge in [-0.3, -0.25) is 29.3 Å². The molecule has 2 aromatic heterocycles. The first-order valence-corrected chi connectivity index (χ1v) is 19.5. The number of carbonyl (C=O) groups is 3. The molecule has 2 unspecified atom stereocenters. The van der Waals surface area contributed by atoms with Gasteiger partial charge >= 0.3 is 0 Å². The molecule has 0 N–H and O–H groups in total. The largest absolute Gasteiger partial charge is 0.296 e. The van der Waals surface area contributed by atoms with Crippen LogP contribution in [0.15, 0.2) is 146 Å². The van der Waals surface area contributed by atoms with Gasteiger partial charge in [0.25, 0.3) is 0 Å². The Morgan fingerprint density at radius 1 is 0.593 bits per heavy atom. The molecule has 0 bridgehead atoms. The summed E-state index contributed by atoms with van der Waals surface area (Å²) in [5.41, 5.74) is 4.26. The van der Waals surface area contributed by atoms with E-state index in [9.17, 15) is 14.4 Å². The summed E-state index contributed by atoms with van der Waals surface area (Å²) in [5, 5.41) is 0. The van der Waals surface area contributed by atoms with E-state index in [1.54, 1.807) is 55.7 Å². The molecule has 5 aromatic rings. The third-order valence-electron chi connectivity index (χ3n) is 8.17. The summed E-state index contributed by atoms with van der Waals surface area (Å²) in [6, 6.07) is 41.9. The van der Waals surface area contributed by atoms with Gasteiger partial charge in [-0.15, -0.1) is 0 Å². The van der Waals surface area contributed by atoms with Gasteiger partial charge < -0.3 is 0 Å². The Morgan fingerprint density at radius 2 is 1.09 bits per heavy atom. The van der Waals surface area contributed by atoms with Crippen LogP contribution in [0.3, 0.4) is 0 Å². The number of Topliss-reactive ketones (excluding diaryl/α,β-unsaturated/α-hetero) is 1. The second-order valence-electron chi connectivity index (χ2n) is 11.5. The minimum Gasteiger partial charge on any atom is -0.296 e. The lowest BCUT2D eigenvalue weighted by molar-refractivity contribution is 0.101. The number of allylic oxidation sites excluding steroid dienone is 1. The van der Waals surface area contributed by atoms with Crippen molar-refractivity contribution < 1.29 is 14.4 Å². The highest BCUT2D eigenvalue weighted by molar-refractivity contribution is 6.06. The van der Waals surface area contributed by atoms with Gasteiger partial charge in [0.05, 0.1) is 5.69 Å². The van der Waals surface area contributed by atoms with Crippen LogP contribution in [0.5, 0.6) is 0 Å². The fourth-order valence-electron chi connectivity index (χ4n) is 5.75. The summed E-state index contributed by atoms with van der Waals surface area (Å²) in [4.78, 5) is 42.9. The van der Waals surface area contributed by atoms with Crippen molar-refractivity contribution in [1.29, 1.82) is 0 Å². The van der Waals surface area contributed by atoms with Crippen LogP contribution in [0.4, 0.5) is 0 Å². The molecule has 0 amide bonds. The van der Waals surface area contributed by atoms with E-state index < -0.39 is 0 Å². The predicted molar refractivity (Wildman–Crippen MR) is 227 cm³/mol. The summed E-state index contributed by atoms with van der Waals surface area (Å²) >= 11 is 0. The number of benzene rings is 3. The smallest absolute Gasteiger partial charge is 0.185 e. The van der Waals surface area contributed by atoms with Crippen LogP contribution in [0.25, 0.3) is 6.08 Å². The van der Waals surface area contributed by atoms with Gasteiger partial charge in [-0.1, -0.05) is 151 Å². The molecule has 0 spiro atoms. The number of hydrogen-bond acceptors (Lipinski definition) is 6. The van der Waals surface area contributed by atoms with Crippen molar-refractivity contribution in [2.75, 3.05) is 6.54 Å². The molecule has 6 nitrogen and oxygen atoms in total. The molecule has 0 aliphatic carbocycles. The van der Waals surface area contributed by atoms with Crippen molar-refractivity contribution in [3.8, 4) is 0 Å². The fraction of sp³-hybridized carbons (Fsp3) is 0.312. The van der Waals surface area contributed by atoms with E-state index in [-0.39, 0.29) is 11.6 Å². The number of piperidine rings is 1. The number of aromatic nitrogens is 2. The minimum absolute atomic E-state index is 0.00810. The van der Waals surface area contributed by atoms with E-state index in [2.05, 4.69) is 45.2 Å². The van der Waals surface area contributed by atoms with E-state index in [4.69, 9.17) is 0 Å². The Morgan fingerprint density at radius 3 is 1.56 bits per heavy atom. The molecular formula is C48H61N3O3. The zero-order chi connectivity index (χ0) is 39.8. The maximum atomic E-state index is 11.7. The molecule has 54 heavy (non-hydrogen) atoms. The van der Waals surface area contributed by atoms with Crippen molar-refractivity contribution in [3.05, 3.63) is 174 Å². The topological polar surface area (TPSA) is 80.2 Å². The Labute approximate surface area is 325 Å². The van der Waals surface area contributed by atoms with Crippen molar-refractivity contribution in [1.82, 2.24) is 14.9 Å². The Hall–Kier alpha value is -5.33. The van der Waals surface area contributed by atoms with E-state index >= 15 is 0 Å². The lowest BCUT2D eigenvalue weighted by atomic mass is 10.0. The molecule has 2 atom stereocenters. The first kappa shape index (κ1) is 46.7. The predicted octanol–water partition coefficient (Wildman–Crippen LogP) is 12.2. The summed E-state index contributed by atoms with van der Waals surface area (Å²) in [7, 11) is 0. The number of hydrogen-bond donors (Lipinski definition) is 0. The van der Waals surface area contributed by atoms with E-state index in [1.165, 1.54) is 50.3 Å². The van der Waals surface area contributed by atoms with Gasteiger partial charge in [0.2, 0.25) is 0 Å². The maximum absolute atomic E-state index is 11.7. The van der Waals surface area contributed by atoms with E-state index in [0.717, 1.165) is 29.6 Å². The van der Waals surface area contributed by atoms with Crippen LogP contribution in [0.2, 0.25) is 0 Å². The van der Waals surface area contributed by atoms with E-state index in [0.29, 0.717) is 11.3 Å². The first-order valence-electron chi connectivity index (χ1n) is 19.5. The second-order valence-corrected chi connectivity index (χ2v) is 11.5. The highest BCUT2D eigenvalue weighted by atomic mass is 16.1. The fourth-order valence-corrected chi connectivity index (χ4v) is 5.75. The molecule has 286 valence electrons. The molecule has 4 heterocycles. The number of rotatable bonds is 6. The van der Waals surface area contributed by atoms with Crippen molar-refractivity contribution in [2.45, 2.75) is 92.7 Å². The van der Waals surface area contributed by atoms with Crippen molar-refractivity contribution >= 4 is 23.9 Å². The van der Waals surface area contributed by atoms with Gasteiger partial charge in [-0.05, 0) is 81.1 Å². The standard InChI is InChI=1S/C14H11NO.C14H19N.C8H8O.C6H5NO.3C2H6/c16-14(12-6-2-1-3-7-12)10-9-13-8-4-5-11-15-13;1-2-6-12(7-3-1)14-10-9-13-8-4-5-11-15(13)14;1-7(9)8-5-3-2-4-6-8;8-5-6-3-1-2-4-7-6;3*1-2/h1-11H;1-3,6-7,13-14H,4-5,8-11H2;2-6H,1H3;1-5H;3*1-2H3/b10-9+;;;;;;. The first-order chi connectivity index (χ1) is 26.5. The number of pyridine rings is 2. The molecule has 2 aliphatic rings. The molecule has 2 fully saturated rings. The monoisotopic (exact) mass is 727 g/mol. The molecule has 7 rings (SSSR count). The molecule has 0 saturated carbocycles. The Kier molecular flexibility index (Phi) is 26.1. The lowest BCUT2D eigenvalue weighted by Crippen LogP contribution is -2.35. The molecule has 2 aliphatic heterocycles. The summed E-state index contributed by atoms with van der Waals surface area (Å²) in [6.45, 7) is 14.9. The van der Waals surface area contributed by atoms with Gasteiger partial charge in [-0.2, -0.15) is 0 Å². The number of carbonyl (C=O) groups excluding carboxylic acids is 3. The van der Waals surface area contributed by atoms with Gasteiger partial charge in [0.1, 0.15) is 5.69 Å². The molecule has 2 saturated heterocycles. The van der Waals surface area contributed by atoms with Gasteiger partial charge in [-0.25, -0.2) is 0 Å². The number of nitrogens with zero attached hydrogens (tertiary/aromatic N) is 3. The van der Waals surface area contributed by atoms with E-state index in [1.807, 2.05) is 108 Å². The highest BCUT2D eigenvalue weighted by Gasteiger charge is 2.35. The third-order valence-corrected chi connectivity index (χ3v) is 8.17. The normalized spacial score (nSPS) is 14.9. The molecule has 0 radical (unpaired) electrons. The maximum Gasteiger partial charge on any atom is 0.185 e. The zero-order valence-corrected chi connectivity index (χ0v) is 33.5. The molecular weight excluding hydrogens is 667 g/mol. The third kappa shape index (κ3) is 17.9. The lowest BCUT2D eigenvalue weighted by Gasteiger charge is -2.34. The molecule has 3 aromatic carbocycles. The number of fused-ring (bicyclic) bond motifs is 1. The summed E-state index contributed by atoms with van der Waals surface area (Å²) < 4.78 is 0. The van der Waals surface area contributed by atoms with Crippen molar-refractivity contribution in [3.63, 3.8) is 0 Å². The average Bonchev–Trinajstić information content (AvgIpc) is 3.72. The number of ketones is 2. The van der Waals surface area contributed by atoms with Crippen LogP contribution in [-0.2, 0) is 0 Å².